The maximum atomic E-state index is 12.0. The average Bonchev–Trinajstić information content (AvgIpc) is 2.86. The van der Waals surface area contributed by atoms with Gasteiger partial charge in [0.1, 0.15) is 11.5 Å². The number of aryl methyl sites for hydroxylation is 2. The maximum Gasteiger partial charge on any atom is 0.315 e. The van der Waals surface area contributed by atoms with Crippen LogP contribution in [-0.4, -0.2) is 29.3 Å². The maximum absolute atomic E-state index is 12.0. The summed E-state index contributed by atoms with van der Waals surface area (Å²) in [6, 6.07) is 4.04. The van der Waals surface area contributed by atoms with E-state index in [1.807, 2.05) is 0 Å². The summed E-state index contributed by atoms with van der Waals surface area (Å²) in [4.78, 5) is 22.1. The van der Waals surface area contributed by atoms with Gasteiger partial charge in [0.2, 0.25) is 5.75 Å². The van der Waals surface area contributed by atoms with Crippen LogP contribution in [-0.2, 0) is 0 Å². The third-order valence-corrected chi connectivity index (χ3v) is 3.16. The second kappa shape index (κ2) is 6.82. The molecule has 0 saturated carbocycles. The predicted molar refractivity (Wildman–Crippen MR) is 84.6 cm³/mol. The molecule has 9 nitrogen and oxygen atoms in total. The molecule has 0 radical (unpaired) electrons. The van der Waals surface area contributed by atoms with E-state index in [4.69, 9.17) is 9.15 Å². The number of hydrogen-bond donors (Lipinski definition) is 2. The van der Waals surface area contributed by atoms with Crippen molar-refractivity contribution in [2.75, 3.05) is 7.11 Å². The SMILES string of the molecule is COc1cc(/C=N/NC(=O)c2cc(C)oc2C)cc([N+](=O)[O-])c1O. The third kappa shape index (κ3) is 3.51. The minimum Gasteiger partial charge on any atom is -0.500 e. The van der Waals surface area contributed by atoms with Gasteiger partial charge in [-0.15, -0.1) is 0 Å². The first-order chi connectivity index (χ1) is 11.3. The Balaban J connectivity index is 2.20. The van der Waals surface area contributed by atoms with Gasteiger partial charge in [0.05, 0.1) is 23.8 Å². The fourth-order valence-electron chi connectivity index (χ4n) is 2.07. The van der Waals surface area contributed by atoms with Crippen LogP contribution >= 0.6 is 0 Å². The molecule has 2 aromatic rings. The average molecular weight is 333 g/mol. The number of hydrogen-bond acceptors (Lipinski definition) is 7. The van der Waals surface area contributed by atoms with Crippen molar-refractivity contribution in [2.24, 2.45) is 5.10 Å². The molecule has 1 amide bonds. The standard InChI is InChI=1S/C15H15N3O6/c1-8-4-11(9(2)24-8)15(20)17-16-7-10-5-12(18(21)22)14(19)13(6-10)23-3/h4-7,19H,1-3H3,(H,17,20)/b16-7+. The summed E-state index contributed by atoms with van der Waals surface area (Å²) in [7, 11) is 1.27. The molecule has 0 unspecified atom stereocenters. The lowest BCUT2D eigenvalue weighted by Crippen LogP contribution is -2.17. The second-order valence-electron chi connectivity index (χ2n) is 4.87. The number of phenolic OH excluding ortho intramolecular Hbond substituents is 1. The molecule has 0 aliphatic heterocycles. The van der Waals surface area contributed by atoms with E-state index in [2.05, 4.69) is 10.5 Å². The smallest absolute Gasteiger partial charge is 0.315 e. The van der Waals surface area contributed by atoms with Crippen LogP contribution in [0.25, 0.3) is 0 Å². The molecule has 0 atom stereocenters. The Labute approximate surface area is 136 Å². The van der Waals surface area contributed by atoms with Gasteiger partial charge in [-0.3, -0.25) is 14.9 Å². The third-order valence-electron chi connectivity index (χ3n) is 3.16. The molecular formula is C15H15N3O6. The van der Waals surface area contributed by atoms with Crippen molar-refractivity contribution in [1.29, 1.82) is 0 Å². The molecule has 2 N–H and O–H groups in total. The van der Waals surface area contributed by atoms with Crippen molar-refractivity contribution in [3.05, 3.63) is 51.0 Å². The van der Waals surface area contributed by atoms with Crippen molar-refractivity contribution >= 4 is 17.8 Å². The fourth-order valence-corrected chi connectivity index (χ4v) is 2.07. The van der Waals surface area contributed by atoms with E-state index in [1.54, 1.807) is 19.9 Å². The Kier molecular flexibility index (Phi) is 4.83. The van der Waals surface area contributed by atoms with Gasteiger partial charge in [-0.2, -0.15) is 5.10 Å². The number of hydrazone groups is 1. The van der Waals surface area contributed by atoms with E-state index in [-0.39, 0.29) is 11.3 Å². The number of rotatable bonds is 5. The summed E-state index contributed by atoms with van der Waals surface area (Å²) in [5, 5.41) is 24.3. The first-order valence-corrected chi connectivity index (χ1v) is 6.79. The fraction of sp³-hybridized carbons (Fsp3) is 0.200. The summed E-state index contributed by atoms with van der Waals surface area (Å²) in [5.74, 6) is -0.0602. The summed E-state index contributed by atoms with van der Waals surface area (Å²) >= 11 is 0. The second-order valence-corrected chi connectivity index (χ2v) is 4.87. The Hall–Kier alpha value is -3.36. The van der Waals surface area contributed by atoms with Gasteiger partial charge in [0.25, 0.3) is 5.91 Å². The molecule has 126 valence electrons. The first kappa shape index (κ1) is 17.0. The minimum atomic E-state index is -0.745. The highest BCUT2D eigenvalue weighted by atomic mass is 16.6. The highest BCUT2D eigenvalue weighted by Gasteiger charge is 2.19. The number of carbonyl (C=O) groups excluding carboxylic acids is 1. The molecule has 0 fully saturated rings. The lowest BCUT2D eigenvalue weighted by molar-refractivity contribution is -0.386. The molecule has 0 bridgehead atoms. The number of nitro benzene ring substituents is 1. The predicted octanol–water partition coefficient (Wildman–Crippen LogP) is 2.28. The van der Waals surface area contributed by atoms with Crippen LogP contribution in [0.5, 0.6) is 11.5 Å². The topological polar surface area (TPSA) is 127 Å². The normalized spacial score (nSPS) is 10.8. The molecule has 24 heavy (non-hydrogen) atoms. The molecule has 0 spiro atoms. The highest BCUT2D eigenvalue weighted by molar-refractivity contribution is 5.96. The zero-order chi connectivity index (χ0) is 17.9. The number of phenols is 1. The van der Waals surface area contributed by atoms with Gasteiger partial charge < -0.3 is 14.3 Å². The van der Waals surface area contributed by atoms with Crippen LogP contribution in [0.3, 0.4) is 0 Å². The zero-order valence-electron chi connectivity index (χ0n) is 13.2. The molecule has 0 saturated heterocycles. The quantitative estimate of drug-likeness (QED) is 0.491. The molecule has 1 aromatic carbocycles. The molecule has 0 aliphatic rings. The van der Waals surface area contributed by atoms with E-state index >= 15 is 0 Å². The van der Waals surface area contributed by atoms with Crippen LogP contribution in [0.4, 0.5) is 5.69 Å². The molecule has 0 aliphatic carbocycles. The first-order valence-electron chi connectivity index (χ1n) is 6.79. The molecular weight excluding hydrogens is 318 g/mol. The van der Waals surface area contributed by atoms with E-state index in [9.17, 15) is 20.0 Å². The Morgan fingerprint density at radius 1 is 1.42 bits per heavy atom. The molecule has 1 aromatic heterocycles. The number of methoxy groups -OCH3 is 1. The van der Waals surface area contributed by atoms with Gasteiger partial charge in [0, 0.05) is 11.6 Å². The monoisotopic (exact) mass is 333 g/mol. The van der Waals surface area contributed by atoms with Crippen LogP contribution in [0, 0.1) is 24.0 Å². The number of nitro groups is 1. The minimum absolute atomic E-state index is 0.0710. The van der Waals surface area contributed by atoms with Crippen LogP contribution < -0.4 is 10.2 Å². The van der Waals surface area contributed by atoms with Crippen molar-refractivity contribution in [3.8, 4) is 11.5 Å². The summed E-state index contributed by atoms with van der Waals surface area (Å²) in [6.45, 7) is 3.37. The Morgan fingerprint density at radius 3 is 2.67 bits per heavy atom. The van der Waals surface area contributed by atoms with Crippen molar-refractivity contribution in [1.82, 2.24) is 5.43 Å². The van der Waals surface area contributed by atoms with Crippen molar-refractivity contribution < 1.29 is 24.0 Å². The number of ether oxygens (including phenoxy) is 1. The molecule has 2 rings (SSSR count). The number of benzene rings is 1. The van der Waals surface area contributed by atoms with Crippen LogP contribution in [0.15, 0.2) is 27.7 Å². The van der Waals surface area contributed by atoms with E-state index in [1.165, 1.54) is 19.4 Å². The zero-order valence-corrected chi connectivity index (χ0v) is 13.2. The Morgan fingerprint density at radius 2 is 2.12 bits per heavy atom. The van der Waals surface area contributed by atoms with E-state index in [0.29, 0.717) is 17.1 Å². The van der Waals surface area contributed by atoms with Gasteiger partial charge in [-0.25, -0.2) is 5.43 Å². The summed E-state index contributed by atoms with van der Waals surface area (Å²) in [5.41, 5.74) is 2.40. The number of amides is 1. The van der Waals surface area contributed by atoms with E-state index < -0.39 is 22.3 Å². The molecule has 9 heteroatoms. The van der Waals surface area contributed by atoms with Crippen molar-refractivity contribution in [2.45, 2.75) is 13.8 Å². The van der Waals surface area contributed by atoms with Gasteiger partial charge in [-0.1, -0.05) is 0 Å². The summed E-state index contributed by atoms with van der Waals surface area (Å²) in [6.07, 6.45) is 1.20. The van der Waals surface area contributed by atoms with Crippen molar-refractivity contribution in [3.63, 3.8) is 0 Å². The Bertz CT molecular complexity index is 825. The number of aromatic hydroxyl groups is 1. The van der Waals surface area contributed by atoms with Gasteiger partial charge in [-0.05, 0) is 26.0 Å². The summed E-state index contributed by atoms with van der Waals surface area (Å²) < 4.78 is 10.1. The number of furan rings is 1. The number of nitrogens with one attached hydrogen (secondary N) is 1. The van der Waals surface area contributed by atoms with Crippen LogP contribution in [0.1, 0.15) is 27.4 Å². The van der Waals surface area contributed by atoms with Gasteiger partial charge >= 0.3 is 5.69 Å². The molecule has 1 heterocycles. The van der Waals surface area contributed by atoms with Gasteiger partial charge in [0.15, 0.2) is 5.75 Å². The lowest BCUT2D eigenvalue weighted by atomic mass is 10.2. The lowest BCUT2D eigenvalue weighted by Gasteiger charge is -2.05. The number of nitrogens with zero attached hydrogens (tertiary/aromatic N) is 2. The van der Waals surface area contributed by atoms with E-state index in [0.717, 1.165) is 6.07 Å². The largest absolute Gasteiger partial charge is 0.500 e. The number of carbonyl (C=O) groups is 1. The van der Waals surface area contributed by atoms with Crippen LogP contribution in [0.2, 0.25) is 0 Å². The highest BCUT2D eigenvalue weighted by Crippen LogP contribution is 2.36.